The predicted octanol–water partition coefficient (Wildman–Crippen LogP) is 2.04. The van der Waals surface area contributed by atoms with E-state index < -0.39 is 0 Å². The van der Waals surface area contributed by atoms with Gasteiger partial charge in [0, 0.05) is 6.42 Å². The molecule has 0 aromatic heterocycles. The van der Waals surface area contributed by atoms with E-state index in [9.17, 15) is 9.59 Å². The first-order valence-corrected chi connectivity index (χ1v) is 5.97. The maximum atomic E-state index is 11.9. The second-order valence-corrected chi connectivity index (χ2v) is 4.50. The Hall–Kier alpha value is -1.84. The number of nitrogens with one attached hydrogen (secondary N) is 1. The lowest BCUT2D eigenvalue weighted by molar-refractivity contribution is -0.121. The Balaban J connectivity index is 2.58. The van der Waals surface area contributed by atoms with Crippen molar-refractivity contribution in [2.24, 2.45) is 5.92 Å². The van der Waals surface area contributed by atoms with E-state index in [4.69, 9.17) is 4.74 Å². The van der Waals surface area contributed by atoms with Crippen LogP contribution in [0.25, 0.3) is 0 Å². The monoisotopic (exact) mass is 249 g/mol. The third kappa shape index (κ3) is 4.20. The van der Waals surface area contributed by atoms with Crippen molar-refractivity contribution < 1.29 is 14.3 Å². The summed E-state index contributed by atoms with van der Waals surface area (Å²) in [4.78, 5) is 23.4. The van der Waals surface area contributed by atoms with Crippen LogP contribution in [0.5, 0.6) is 5.75 Å². The van der Waals surface area contributed by atoms with Gasteiger partial charge in [-0.2, -0.15) is 0 Å². The maximum absolute atomic E-state index is 11.9. The summed E-state index contributed by atoms with van der Waals surface area (Å²) >= 11 is 0. The van der Waals surface area contributed by atoms with Gasteiger partial charge in [0.15, 0.2) is 5.78 Å². The fourth-order valence-electron chi connectivity index (χ4n) is 1.59. The third-order valence-corrected chi connectivity index (χ3v) is 2.45. The zero-order valence-electron chi connectivity index (χ0n) is 11.0. The van der Waals surface area contributed by atoms with Crippen molar-refractivity contribution in [2.75, 3.05) is 13.7 Å². The molecule has 4 heteroatoms. The fraction of sp³-hybridized carbons (Fsp3) is 0.429. The van der Waals surface area contributed by atoms with Crippen molar-refractivity contribution in [2.45, 2.75) is 20.3 Å². The van der Waals surface area contributed by atoms with E-state index >= 15 is 0 Å². The van der Waals surface area contributed by atoms with E-state index in [2.05, 4.69) is 5.32 Å². The van der Waals surface area contributed by atoms with Crippen molar-refractivity contribution in [1.82, 2.24) is 5.32 Å². The van der Waals surface area contributed by atoms with Gasteiger partial charge in [0.2, 0.25) is 5.91 Å². The molecule has 0 bridgehead atoms. The molecule has 0 radical (unpaired) electrons. The fourth-order valence-corrected chi connectivity index (χ4v) is 1.59. The highest BCUT2D eigenvalue weighted by Gasteiger charge is 2.12. The summed E-state index contributed by atoms with van der Waals surface area (Å²) in [7, 11) is 1.52. The van der Waals surface area contributed by atoms with Crippen LogP contribution in [-0.2, 0) is 4.79 Å². The molecule has 0 aliphatic carbocycles. The number of carbonyl (C=O) groups excluding carboxylic acids is 2. The number of methoxy groups -OCH3 is 1. The Labute approximate surface area is 107 Å². The first kappa shape index (κ1) is 14.2. The summed E-state index contributed by atoms with van der Waals surface area (Å²) in [6.07, 6.45) is 0.430. The molecule has 0 unspecified atom stereocenters. The van der Waals surface area contributed by atoms with Gasteiger partial charge in [0.05, 0.1) is 19.2 Å². The van der Waals surface area contributed by atoms with Crippen LogP contribution in [0.3, 0.4) is 0 Å². The van der Waals surface area contributed by atoms with Gasteiger partial charge in [-0.1, -0.05) is 26.0 Å². The summed E-state index contributed by atoms with van der Waals surface area (Å²) in [6.45, 7) is 3.93. The topological polar surface area (TPSA) is 55.4 Å². The largest absolute Gasteiger partial charge is 0.496 e. The van der Waals surface area contributed by atoms with Crippen molar-refractivity contribution in [3.05, 3.63) is 29.8 Å². The number of ketones is 1. The highest BCUT2D eigenvalue weighted by Crippen LogP contribution is 2.17. The SMILES string of the molecule is COc1ccccc1C(=O)CNC(=O)CC(C)C. The molecule has 18 heavy (non-hydrogen) atoms. The number of Topliss-reactive ketones (excluding diaryl/α,β-unsaturated/α-hetero) is 1. The molecule has 0 aliphatic rings. The molecule has 1 aromatic carbocycles. The minimum absolute atomic E-state index is 0.00588. The molecule has 98 valence electrons. The minimum atomic E-state index is -0.149. The molecule has 4 nitrogen and oxygen atoms in total. The van der Waals surface area contributed by atoms with Gasteiger partial charge in [0.25, 0.3) is 0 Å². The van der Waals surface area contributed by atoms with E-state index in [1.165, 1.54) is 7.11 Å². The van der Waals surface area contributed by atoms with Crippen LogP contribution in [0.15, 0.2) is 24.3 Å². The number of rotatable bonds is 6. The first-order valence-electron chi connectivity index (χ1n) is 5.97. The van der Waals surface area contributed by atoms with Crippen molar-refractivity contribution >= 4 is 11.7 Å². The molecular formula is C14H19NO3. The van der Waals surface area contributed by atoms with Gasteiger partial charge >= 0.3 is 0 Å². The van der Waals surface area contributed by atoms with Crippen LogP contribution in [0, 0.1) is 5.92 Å². The summed E-state index contributed by atoms with van der Waals surface area (Å²) in [5.74, 6) is 0.560. The number of hydrogen-bond acceptors (Lipinski definition) is 3. The normalized spacial score (nSPS) is 10.2. The molecule has 0 saturated carbocycles. The second kappa shape index (κ2) is 6.79. The van der Waals surface area contributed by atoms with Gasteiger partial charge in [-0.25, -0.2) is 0 Å². The number of benzene rings is 1. The Kier molecular flexibility index (Phi) is 5.36. The summed E-state index contributed by atoms with van der Waals surface area (Å²) in [5, 5.41) is 2.62. The quantitative estimate of drug-likeness (QED) is 0.785. The van der Waals surface area contributed by atoms with Gasteiger partial charge in [-0.05, 0) is 18.1 Å². The molecule has 0 saturated heterocycles. The third-order valence-electron chi connectivity index (χ3n) is 2.45. The minimum Gasteiger partial charge on any atom is -0.496 e. The van der Waals surface area contributed by atoms with Crippen LogP contribution in [0.4, 0.5) is 0 Å². The lowest BCUT2D eigenvalue weighted by Gasteiger charge is -2.09. The predicted molar refractivity (Wildman–Crippen MR) is 69.8 cm³/mol. The molecule has 0 fully saturated rings. The molecular weight excluding hydrogens is 230 g/mol. The number of carbonyl (C=O) groups is 2. The van der Waals surface area contributed by atoms with Gasteiger partial charge in [0.1, 0.15) is 5.75 Å². The Morgan fingerprint density at radius 3 is 2.56 bits per heavy atom. The van der Waals surface area contributed by atoms with Gasteiger partial charge < -0.3 is 10.1 Å². The molecule has 1 aromatic rings. The summed E-state index contributed by atoms with van der Waals surface area (Å²) in [5.41, 5.74) is 0.491. The number of hydrogen-bond donors (Lipinski definition) is 1. The van der Waals surface area contributed by atoms with Gasteiger partial charge in [-0.3, -0.25) is 9.59 Å². The Morgan fingerprint density at radius 2 is 1.94 bits per heavy atom. The van der Waals surface area contributed by atoms with Crippen molar-refractivity contribution in [3.8, 4) is 5.75 Å². The zero-order valence-corrected chi connectivity index (χ0v) is 11.0. The van der Waals surface area contributed by atoms with Crippen LogP contribution >= 0.6 is 0 Å². The molecule has 0 heterocycles. The second-order valence-electron chi connectivity index (χ2n) is 4.50. The number of ether oxygens (including phenoxy) is 1. The lowest BCUT2D eigenvalue weighted by atomic mass is 10.1. The van der Waals surface area contributed by atoms with Crippen molar-refractivity contribution in [3.63, 3.8) is 0 Å². The molecule has 1 N–H and O–H groups in total. The Bertz CT molecular complexity index is 427. The zero-order chi connectivity index (χ0) is 13.5. The lowest BCUT2D eigenvalue weighted by Crippen LogP contribution is -2.30. The first-order chi connectivity index (χ1) is 8.54. The molecule has 0 aliphatic heterocycles. The number of amides is 1. The van der Waals surface area contributed by atoms with Crippen molar-refractivity contribution in [1.29, 1.82) is 0 Å². The standard InChI is InChI=1S/C14H19NO3/c1-10(2)8-14(17)15-9-12(16)11-6-4-5-7-13(11)18-3/h4-7,10H,8-9H2,1-3H3,(H,15,17). The Morgan fingerprint density at radius 1 is 1.28 bits per heavy atom. The van der Waals surface area contributed by atoms with Gasteiger partial charge in [-0.15, -0.1) is 0 Å². The van der Waals surface area contributed by atoms with E-state index in [0.29, 0.717) is 17.7 Å². The molecule has 0 atom stereocenters. The highest BCUT2D eigenvalue weighted by molar-refractivity contribution is 6.01. The summed E-state index contributed by atoms with van der Waals surface area (Å²) < 4.78 is 5.10. The van der Waals surface area contributed by atoms with Crippen LogP contribution < -0.4 is 10.1 Å². The van der Waals surface area contributed by atoms with Crippen LogP contribution in [-0.4, -0.2) is 25.3 Å². The van der Waals surface area contributed by atoms with Crippen LogP contribution in [0.1, 0.15) is 30.6 Å². The van der Waals surface area contributed by atoms with E-state index in [1.807, 2.05) is 13.8 Å². The molecule has 1 amide bonds. The average molecular weight is 249 g/mol. The summed E-state index contributed by atoms with van der Waals surface area (Å²) in [6, 6.07) is 6.98. The van der Waals surface area contributed by atoms with E-state index in [-0.39, 0.29) is 24.2 Å². The smallest absolute Gasteiger partial charge is 0.220 e. The number of para-hydroxylation sites is 1. The van der Waals surface area contributed by atoms with E-state index in [1.54, 1.807) is 24.3 Å². The van der Waals surface area contributed by atoms with E-state index in [0.717, 1.165) is 0 Å². The molecule has 0 spiro atoms. The maximum Gasteiger partial charge on any atom is 0.220 e. The average Bonchev–Trinajstić information content (AvgIpc) is 2.35. The highest BCUT2D eigenvalue weighted by atomic mass is 16.5. The molecule has 1 rings (SSSR count). The van der Waals surface area contributed by atoms with Crippen LogP contribution in [0.2, 0.25) is 0 Å².